The topological polar surface area (TPSA) is 93.1 Å². The Hall–Kier alpha value is -3.27. The first kappa shape index (κ1) is 23.9. The van der Waals surface area contributed by atoms with Gasteiger partial charge in [0.2, 0.25) is 10.0 Å². The third-order valence-corrected chi connectivity index (χ3v) is 7.59. The molecule has 4 rings (SSSR count). The molecule has 1 amide bonds. The Bertz CT molecular complexity index is 1380. The summed E-state index contributed by atoms with van der Waals surface area (Å²) in [5.41, 5.74) is 4.42. The quantitative estimate of drug-likeness (QED) is 0.368. The van der Waals surface area contributed by atoms with Gasteiger partial charge in [-0.05, 0) is 73.7 Å². The fourth-order valence-corrected chi connectivity index (χ4v) is 5.37. The number of thiophene rings is 1. The van der Waals surface area contributed by atoms with Gasteiger partial charge in [-0.25, -0.2) is 17.8 Å². The molecule has 0 aliphatic carbocycles. The van der Waals surface area contributed by atoms with Crippen molar-refractivity contribution in [2.24, 2.45) is 0 Å². The fraction of sp³-hybridized carbons (Fsp3) is 0.200. The Kier molecular flexibility index (Phi) is 7.26. The average Bonchev–Trinajstić information content (AvgIpc) is 3.47. The van der Waals surface area contributed by atoms with Gasteiger partial charge >= 0.3 is 0 Å². The molecule has 0 aliphatic heterocycles. The molecule has 0 unspecified atom stereocenters. The highest BCUT2D eigenvalue weighted by Gasteiger charge is 2.16. The van der Waals surface area contributed by atoms with Gasteiger partial charge < -0.3 is 5.32 Å². The van der Waals surface area contributed by atoms with Crippen molar-refractivity contribution in [3.63, 3.8) is 0 Å². The number of hydrogen-bond acceptors (Lipinski definition) is 5. The minimum Gasteiger partial charge on any atom is -0.352 e. The molecule has 4 aromatic rings. The van der Waals surface area contributed by atoms with E-state index < -0.39 is 10.0 Å². The first-order valence-electron chi connectivity index (χ1n) is 10.8. The maximum absolute atomic E-state index is 12.6. The number of sulfonamides is 1. The van der Waals surface area contributed by atoms with E-state index in [-0.39, 0.29) is 17.3 Å². The molecule has 0 aliphatic rings. The number of benzene rings is 2. The van der Waals surface area contributed by atoms with Gasteiger partial charge in [-0.3, -0.25) is 4.79 Å². The van der Waals surface area contributed by atoms with E-state index in [9.17, 15) is 13.2 Å². The number of nitrogens with one attached hydrogen (secondary N) is 2. The van der Waals surface area contributed by atoms with Crippen LogP contribution in [0.15, 0.2) is 77.0 Å². The molecular formula is C25H26N4O3S2. The van der Waals surface area contributed by atoms with E-state index in [1.54, 1.807) is 12.1 Å². The molecule has 2 aromatic carbocycles. The third-order valence-electron chi connectivity index (χ3n) is 5.31. The monoisotopic (exact) mass is 494 g/mol. The summed E-state index contributed by atoms with van der Waals surface area (Å²) in [5.74, 6) is -0.311. The van der Waals surface area contributed by atoms with Crippen LogP contribution in [0.1, 0.15) is 32.2 Å². The molecule has 0 atom stereocenters. The standard InChI is InChI=1S/C25H26N4O3S2/c1-18-15-19(2)29(28-18)22-10-8-20(9-11-22)12-13-26-25(30)21-5-3-7-24(16-21)34(31,32)27-17-23-6-4-14-33-23/h3-11,14-16,27H,12-13,17H2,1-2H3,(H,26,30). The Labute approximate surface area is 203 Å². The number of carbonyl (C=O) groups excluding carboxylic acids is 1. The summed E-state index contributed by atoms with van der Waals surface area (Å²) < 4.78 is 29.7. The molecule has 7 nitrogen and oxygen atoms in total. The summed E-state index contributed by atoms with van der Waals surface area (Å²) in [6, 6.07) is 19.9. The third kappa shape index (κ3) is 5.80. The van der Waals surface area contributed by atoms with Gasteiger partial charge in [-0.2, -0.15) is 5.10 Å². The van der Waals surface area contributed by atoms with Crippen molar-refractivity contribution >= 4 is 27.3 Å². The van der Waals surface area contributed by atoms with Crippen LogP contribution in [0.4, 0.5) is 0 Å². The van der Waals surface area contributed by atoms with Crippen LogP contribution in [0.2, 0.25) is 0 Å². The number of aromatic nitrogens is 2. The van der Waals surface area contributed by atoms with Crippen LogP contribution in [0, 0.1) is 13.8 Å². The molecule has 0 bridgehead atoms. The maximum Gasteiger partial charge on any atom is 0.251 e. The molecule has 2 heterocycles. The predicted molar refractivity (Wildman–Crippen MR) is 134 cm³/mol. The number of amides is 1. The summed E-state index contributed by atoms with van der Waals surface area (Å²) in [6.45, 7) is 4.64. The van der Waals surface area contributed by atoms with E-state index in [1.807, 2.05) is 66.4 Å². The Morgan fingerprint density at radius 3 is 2.50 bits per heavy atom. The summed E-state index contributed by atoms with van der Waals surface area (Å²) in [4.78, 5) is 13.6. The number of aryl methyl sites for hydroxylation is 2. The molecule has 2 N–H and O–H groups in total. The zero-order chi connectivity index (χ0) is 24.1. The largest absolute Gasteiger partial charge is 0.352 e. The van der Waals surface area contributed by atoms with Gasteiger partial charge in [0.25, 0.3) is 5.91 Å². The van der Waals surface area contributed by atoms with Gasteiger partial charge in [0.15, 0.2) is 0 Å². The van der Waals surface area contributed by atoms with Crippen LogP contribution in [0.3, 0.4) is 0 Å². The molecule has 0 saturated carbocycles. The fourth-order valence-electron chi connectivity index (χ4n) is 3.58. The van der Waals surface area contributed by atoms with E-state index in [4.69, 9.17) is 0 Å². The Morgan fingerprint density at radius 2 is 1.82 bits per heavy atom. The lowest BCUT2D eigenvalue weighted by Gasteiger charge is -2.09. The molecular weight excluding hydrogens is 468 g/mol. The zero-order valence-electron chi connectivity index (χ0n) is 19.0. The normalized spacial score (nSPS) is 11.5. The second kappa shape index (κ2) is 10.3. The summed E-state index contributed by atoms with van der Waals surface area (Å²) in [5, 5.41) is 9.25. The lowest BCUT2D eigenvalue weighted by Crippen LogP contribution is -2.27. The lowest BCUT2D eigenvalue weighted by atomic mass is 10.1. The van der Waals surface area contributed by atoms with Crippen molar-refractivity contribution in [3.8, 4) is 5.69 Å². The van der Waals surface area contributed by atoms with Crippen LogP contribution in [-0.4, -0.2) is 30.7 Å². The van der Waals surface area contributed by atoms with E-state index in [0.29, 0.717) is 18.5 Å². The number of nitrogens with zero attached hydrogens (tertiary/aromatic N) is 2. The number of hydrogen-bond donors (Lipinski definition) is 2. The summed E-state index contributed by atoms with van der Waals surface area (Å²) >= 11 is 1.48. The van der Waals surface area contributed by atoms with Crippen molar-refractivity contribution < 1.29 is 13.2 Å². The summed E-state index contributed by atoms with van der Waals surface area (Å²) in [6.07, 6.45) is 0.656. The van der Waals surface area contributed by atoms with Gasteiger partial charge in [0.05, 0.1) is 16.3 Å². The molecule has 176 valence electrons. The van der Waals surface area contributed by atoms with Crippen LogP contribution in [-0.2, 0) is 23.0 Å². The van der Waals surface area contributed by atoms with Crippen molar-refractivity contribution in [3.05, 3.63) is 99.5 Å². The second-order valence-electron chi connectivity index (χ2n) is 7.94. The minimum atomic E-state index is -3.71. The van der Waals surface area contributed by atoms with E-state index in [0.717, 1.165) is 27.5 Å². The van der Waals surface area contributed by atoms with Gasteiger partial charge in [0.1, 0.15) is 0 Å². The zero-order valence-corrected chi connectivity index (χ0v) is 20.6. The average molecular weight is 495 g/mol. The first-order valence-corrected chi connectivity index (χ1v) is 13.2. The van der Waals surface area contributed by atoms with Gasteiger partial charge in [-0.15, -0.1) is 11.3 Å². The van der Waals surface area contributed by atoms with Crippen molar-refractivity contribution in [2.45, 2.75) is 31.7 Å². The molecule has 9 heteroatoms. The highest BCUT2D eigenvalue weighted by molar-refractivity contribution is 7.89. The predicted octanol–water partition coefficient (Wildman–Crippen LogP) is 4.00. The number of carbonyl (C=O) groups is 1. The van der Waals surface area contributed by atoms with Crippen molar-refractivity contribution in [1.29, 1.82) is 0 Å². The van der Waals surface area contributed by atoms with Crippen molar-refractivity contribution in [1.82, 2.24) is 19.8 Å². The SMILES string of the molecule is Cc1cc(C)n(-c2ccc(CCNC(=O)c3cccc(S(=O)(=O)NCc4cccs4)c3)cc2)n1. The van der Waals surface area contributed by atoms with E-state index >= 15 is 0 Å². The highest BCUT2D eigenvalue weighted by atomic mass is 32.2. The van der Waals surface area contributed by atoms with Crippen LogP contribution < -0.4 is 10.0 Å². The molecule has 34 heavy (non-hydrogen) atoms. The van der Waals surface area contributed by atoms with Crippen LogP contribution in [0.25, 0.3) is 5.69 Å². The first-order chi connectivity index (χ1) is 16.3. The van der Waals surface area contributed by atoms with Gasteiger partial charge in [-0.1, -0.05) is 24.3 Å². The molecule has 2 aromatic heterocycles. The van der Waals surface area contributed by atoms with E-state index in [1.165, 1.54) is 23.5 Å². The Morgan fingerprint density at radius 1 is 1.03 bits per heavy atom. The highest BCUT2D eigenvalue weighted by Crippen LogP contribution is 2.15. The number of rotatable bonds is 9. The molecule has 0 spiro atoms. The molecule has 0 radical (unpaired) electrons. The van der Waals surface area contributed by atoms with E-state index in [2.05, 4.69) is 15.1 Å². The van der Waals surface area contributed by atoms with Gasteiger partial charge in [0, 0.05) is 29.2 Å². The molecule has 0 fully saturated rings. The smallest absolute Gasteiger partial charge is 0.251 e. The maximum atomic E-state index is 12.6. The summed E-state index contributed by atoms with van der Waals surface area (Å²) in [7, 11) is -3.71. The minimum absolute atomic E-state index is 0.0662. The van der Waals surface area contributed by atoms with Crippen molar-refractivity contribution in [2.75, 3.05) is 6.54 Å². The second-order valence-corrected chi connectivity index (χ2v) is 10.7. The van der Waals surface area contributed by atoms with Crippen LogP contribution in [0.5, 0.6) is 0 Å². The van der Waals surface area contributed by atoms with Crippen LogP contribution >= 0.6 is 11.3 Å². The Balaban J connectivity index is 1.33. The lowest BCUT2D eigenvalue weighted by molar-refractivity contribution is 0.0954. The molecule has 0 saturated heterocycles.